The first-order valence-electron chi connectivity index (χ1n) is 8.50. The molecule has 0 aliphatic carbocycles. The monoisotopic (exact) mass is 359 g/mol. The van der Waals surface area contributed by atoms with Crippen molar-refractivity contribution in [3.05, 3.63) is 72.6 Å². The van der Waals surface area contributed by atoms with E-state index in [1.54, 1.807) is 13.0 Å². The van der Waals surface area contributed by atoms with E-state index in [2.05, 4.69) is 15.5 Å². The first-order chi connectivity index (χ1) is 13.2. The normalized spacial score (nSPS) is 10.7. The second-order valence-corrected chi connectivity index (χ2v) is 6.04. The van der Waals surface area contributed by atoms with Gasteiger partial charge in [-0.15, -0.1) is 0 Å². The molecule has 27 heavy (non-hydrogen) atoms. The van der Waals surface area contributed by atoms with Crippen molar-refractivity contribution in [2.24, 2.45) is 0 Å². The van der Waals surface area contributed by atoms with E-state index in [1.165, 1.54) is 0 Å². The fourth-order valence-electron chi connectivity index (χ4n) is 2.78. The Hall–Kier alpha value is -3.67. The van der Waals surface area contributed by atoms with Crippen LogP contribution in [0.25, 0.3) is 22.2 Å². The molecule has 0 spiro atoms. The van der Waals surface area contributed by atoms with Crippen molar-refractivity contribution in [3.63, 3.8) is 0 Å². The fraction of sp³-hybridized carbons (Fsp3) is 0.0952. The van der Waals surface area contributed by atoms with Crippen LogP contribution in [0.4, 0.5) is 5.69 Å². The van der Waals surface area contributed by atoms with Gasteiger partial charge in [0.15, 0.2) is 12.4 Å². The number of aromatic nitrogens is 2. The lowest BCUT2D eigenvalue weighted by molar-refractivity contribution is -0.118. The number of fused-ring (bicyclic) bond motifs is 1. The van der Waals surface area contributed by atoms with Crippen LogP contribution >= 0.6 is 0 Å². The van der Waals surface area contributed by atoms with E-state index in [0.29, 0.717) is 28.7 Å². The number of rotatable bonds is 5. The van der Waals surface area contributed by atoms with Gasteiger partial charge in [-0.3, -0.25) is 4.79 Å². The molecule has 1 heterocycles. The van der Waals surface area contributed by atoms with Crippen molar-refractivity contribution >= 4 is 22.4 Å². The van der Waals surface area contributed by atoms with Crippen LogP contribution in [-0.2, 0) is 4.79 Å². The number of aryl methyl sites for hydroxylation is 1. The number of anilines is 1. The second kappa shape index (κ2) is 7.29. The zero-order valence-electron chi connectivity index (χ0n) is 14.7. The molecule has 0 fully saturated rings. The number of nitrogens with zero attached hydrogens (tertiary/aromatic N) is 2. The summed E-state index contributed by atoms with van der Waals surface area (Å²) < 4.78 is 10.8. The fourth-order valence-corrected chi connectivity index (χ4v) is 2.78. The highest BCUT2D eigenvalue weighted by molar-refractivity contribution is 5.95. The third kappa shape index (κ3) is 3.79. The predicted octanol–water partition coefficient (Wildman–Crippen LogP) is 4.22. The number of hydrogen-bond acceptors (Lipinski definition) is 5. The summed E-state index contributed by atoms with van der Waals surface area (Å²) in [5.74, 6) is 1.26. The van der Waals surface area contributed by atoms with Gasteiger partial charge in [0.25, 0.3) is 11.8 Å². The maximum atomic E-state index is 12.3. The van der Waals surface area contributed by atoms with Gasteiger partial charge in [0.2, 0.25) is 0 Å². The molecule has 0 unspecified atom stereocenters. The third-order valence-electron chi connectivity index (χ3n) is 4.05. The molecule has 3 aromatic carbocycles. The van der Waals surface area contributed by atoms with Gasteiger partial charge in [0.1, 0.15) is 5.75 Å². The number of carbonyl (C=O) groups excluding carboxylic acids is 1. The van der Waals surface area contributed by atoms with Gasteiger partial charge in [-0.2, -0.15) is 4.98 Å². The minimum Gasteiger partial charge on any atom is -0.484 e. The largest absolute Gasteiger partial charge is 0.484 e. The Morgan fingerprint density at radius 2 is 1.81 bits per heavy atom. The standard InChI is InChI=1S/C21H17N3O3/c1-14-22-21(27-24-14)18-8-4-5-9-19(18)23-20(25)13-26-17-11-10-15-6-2-3-7-16(15)12-17/h2-12H,13H2,1H3,(H,23,25). The molecule has 0 aliphatic rings. The highest BCUT2D eigenvalue weighted by atomic mass is 16.5. The molecule has 0 bridgehead atoms. The summed E-state index contributed by atoms with van der Waals surface area (Å²) in [6.07, 6.45) is 0. The molecule has 0 aliphatic heterocycles. The van der Waals surface area contributed by atoms with Crippen LogP contribution in [0.1, 0.15) is 5.82 Å². The van der Waals surface area contributed by atoms with Gasteiger partial charge in [-0.1, -0.05) is 47.6 Å². The lowest BCUT2D eigenvalue weighted by Gasteiger charge is -2.10. The molecule has 0 atom stereocenters. The third-order valence-corrected chi connectivity index (χ3v) is 4.05. The Balaban J connectivity index is 1.45. The van der Waals surface area contributed by atoms with Crippen LogP contribution in [0.2, 0.25) is 0 Å². The van der Waals surface area contributed by atoms with Crippen LogP contribution in [-0.4, -0.2) is 22.7 Å². The van der Waals surface area contributed by atoms with Crippen LogP contribution < -0.4 is 10.1 Å². The average Bonchev–Trinajstić information content (AvgIpc) is 3.13. The summed E-state index contributed by atoms with van der Waals surface area (Å²) in [6.45, 7) is 1.64. The first-order valence-corrected chi connectivity index (χ1v) is 8.50. The lowest BCUT2D eigenvalue weighted by Crippen LogP contribution is -2.20. The van der Waals surface area contributed by atoms with Crippen molar-refractivity contribution in [2.45, 2.75) is 6.92 Å². The minimum atomic E-state index is -0.271. The minimum absolute atomic E-state index is 0.102. The van der Waals surface area contributed by atoms with Crippen LogP contribution in [0, 0.1) is 6.92 Å². The summed E-state index contributed by atoms with van der Waals surface area (Å²) in [5.41, 5.74) is 1.26. The number of nitrogens with one attached hydrogen (secondary N) is 1. The molecule has 0 saturated carbocycles. The zero-order valence-corrected chi connectivity index (χ0v) is 14.7. The molecule has 6 nitrogen and oxygen atoms in total. The summed E-state index contributed by atoms with van der Waals surface area (Å²) in [4.78, 5) is 16.5. The number of amides is 1. The molecule has 0 saturated heterocycles. The maximum absolute atomic E-state index is 12.3. The Labute approximate surface area is 155 Å². The SMILES string of the molecule is Cc1noc(-c2ccccc2NC(=O)COc2ccc3ccccc3c2)n1. The summed E-state index contributed by atoms with van der Waals surface area (Å²) >= 11 is 0. The van der Waals surface area contributed by atoms with Crippen molar-refractivity contribution in [3.8, 4) is 17.2 Å². The smallest absolute Gasteiger partial charge is 0.262 e. The van der Waals surface area contributed by atoms with E-state index in [4.69, 9.17) is 9.26 Å². The quantitative estimate of drug-likeness (QED) is 0.577. The highest BCUT2D eigenvalue weighted by Gasteiger charge is 2.13. The molecule has 0 radical (unpaired) electrons. The van der Waals surface area contributed by atoms with Crippen molar-refractivity contribution in [1.82, 2.24) is 10.1 Å². The van der Waals surface area contributed by atoms with E-state index in [-0.39, 0.29) is 12.5 Å². The molecular formula is C21H17N3O3. The number of carbonyl (C=O) groups is 1. The second-order valence-electron chi connectivity index (χ2n) is 6.04. The van der Waals surface area contributed by atoms with Crippen molar-refractivity contribution < 1.29 is 14.1 Å². The van der Waals surface area contributed by atoms with Crippen LogP contribution in [0.5, 0.6) is 5.75 Å². The predicted molar refractivity (Wildman–Crippen MR) is 103 cm³/mol. The van der Waals surface area contributed by atoms with E-state index in [0.717, 1.165) is 10.8 Å². The van der Waals surface area contributed by atoms with Gasteiger partial charge in [-0.05, 0) is 42.0 Å². The Morgan fingerprint density at radius 1 is 1.04 bits per heavy atom. The average molecular weight is 359 g/mol. The van der Waals surface area contributed by atoms with Crippen molar-refractivity contribution in [1.29, 1.82) is 0 Å². The number of para-hydroxylation sites is 1. The van der Waals surface area contributed by atoms with Gasteiger partial charge in [-0.25, -0.2) is 0 Å². The van der Waals surface area contributed by atoms with Gasteiger partial charge in [0, 0.05) is 0 Å². The first kappa shape index (κ1) is 16.8. The van der Waals surface area contributed by atoms with E-state index in [1.807, 2.05) is 60.7 Å². The molecular weight excluding hydrogens is 342 g/mol. The van der Waals surface area contributed by atoms with Crippen LogP contribution in [0.15, 0.2) is 71.3 Å². The topological polar surface area (TPSA) is 77.2 Å². The molecule has 4 aromatic rings. The number of ether oxygens (including phenoxy) is 1. The zero-order chi connectivity index (χ0) is 18.6. The summed E-state index contributed by atoms with van der Waals surface area (Å²) in [5, 5.41) is 8.81. The summed E-state index contributed by atoms with van der Waals surface area (Å²) in [6, 6.07) is 21.0. The molecule has 6 heteroatoms. The molecule has 1 N–H and O–H groups in total. The number of hydrogen-bond donors (Lipinski definition) is 1. The highest BCUT2D eigenvalue weighted by Crippen LogP contribution is 2.26. The Bertz CT molecular complexity index is 1100. The summed E-state index contributed by atoms with van der Waals surface area (Å²) in [7, 11) is 0. The molecule has 1 aromatic heterocycles. The van der Waals surface area contributed by atoms with E-state index < -0.39 is 0 Å². The Morgan fingerprint density at radius 3 is 2.63 bits per heavy atom. The maximum Gasteiger partial charge on any atom is 0.262 e. The van der Waals surface area contributed by atoms with Crippen molar-refractivity contribution in [2.75, 3.05) is 11.9 Å². The van der Waals surface area contributed by atoms with Gasteiger partial charge >= 0.3 is 0 Å². The van der Waals surface area contributed by atoms with Crippen LogP contribution in [0.3, 0.4) is 0 Å². The van der Waals surface area contributed by atoms with E-state index in [9.17, 15) is 4.79 Å². The molecule has 1 amide bonds. The van der Waals surface area contributed by atoms with E-state index >= 15 is 0 Å². The number of benzene rings is 3. The Kier molecular flexibility index (Phi) is 4.53. The molecule has 134 valence electrons. The van der Waals surface area contributed by atoms with Gasteiger partial charge < -0.3 is 14.6 Å². The molecule has 4 rings (SSSR count). The lowest BCUT2D eigenvalue weighted by atomic mass is 10.1. The van der Waals surface area contributed by atoms with Gasteiger partial charge in [0.05, 0.1) is 11.3 Å².